The van der Waals surface area contributed by atoms with Gasteiger partial charge in [-0.05, 0) is 28.5 Å². The molecule has 26 heavy (non-hydrogen) atoms. The molecule has 2 aromatic carbocycles. The zero-order valence-electron chi connectivity index (χ0n) is 14.2. The molecule has 132 valence electrons. The monoisotopic (exact) mass is 353 g/mol. The summed E-state index contributed by atoms with van der Waals surface area (Å²) in [5.74, 6) is -0.445. The number of hydrogen-bond donors (Lipinski definition) is 0. The molecule has 3 rings (SSSR count). The lowest BCUT2D eigenvalue weighted by molar-refractivity contribution is -0.389. The molecule has 0 fully saturated rings. The molecular weight excluding hydrogens is 337 g/mol. The summed E-state index contributed by atoms with van der Waals surface area (Å²) in [4.78, 5) is 26.8. The zero-order valence-corrected chi connectivity index (χ0v) is 14.2. The molecule has 0 bridgehead atoms. The smallest absolute Gasteiger partial charge is 0.358 e. The molecule has 1 aromatic heterocycles. The maximum atomic E-state index is 13.9. The SMILES string of the molecule is Cc1nc([N+](=O)[O-])cn1[C@@H](C)C(=O)c1ccc(-c2ccccc2F)cc1. The predicted octanol–water partition coefficient (Wildman–Crippen LogP) is 4.35. The fourth-order valence-electron chi connectivity index (χ4n) is 2.83. The Morgan fingerprint density at radius 3 is 2.42 bits per heavy atom. The molecule has 0 aliphatic heterocycles. The van der Waals surface area contributed by atoms with E-state index in [-0.39, 0.29) is 17.4 Å². The summed E-state index contributed by atoms with van der Waals surface area (Å²) in [6.07, 6.45) is 1.26. The van der Waals surface area contributed by atoms with E-state index >= 15 is 0 Å². The number of carbonyl (C=O) groups excluding carboxylic acids is 1. The van der Waals surface area contributed by atoms with E-state index in [0.29, 0.717) is 22.5 Å². The lowest BCUT2D eigenvalue weighted by Crippen LogP contribution is -2.17. The third-order valence-corrected chi connectivity index (χ3v) is 4.24. The van der Waals surface area contributed by atoms with Gasteiger partial charge in [-0.2, -0.15) is 0 Å². The van der Waals surface area contributed by atoms with Crippen molar-refractivity contribution >= 4 is 11.6 Å². The number of imidazole rings is 1. The number of ketones is 1. The maximum Gasteiger partial charge on any atom is 0.381 e. The first-order chi connectivity index (χ1) is 12.4. The lowest BCUT2D eigenvalue weighted by atomic mass is 10.00. The van der Waals surface area contributed by atoms with Gasteiger partial charge in [0.05, 0.1) is 6.04 Å². The van der Waals surface area contributed by atoms with Gasteiger partial charge in [0.2, 0.25) is 5.82 Å². The van der Waals surface area contributed by atoms with Crippen molar-refractivity contribution in [3.05, 3.63) is 82.0 Å². The average Bonchev–Trinajstić information content (AvgIpc) is 3.03. The molecule has 0 spiro atoms. The highest BCUT2D eigenvalue weighted by Gasteiger charge is 2.24. The van der Waals surface area contributed by atoms with E-state index in [4.69, 9.17) is 0 Å². The van der Waals surface area contributed by atoms with Crippen LogP contribution >= 0.6 is 0 Å². The molecule has 0 amide bonds. The van der Waals surface area contributed by atoms with E-state index in [9.17, 15) is 19.3 Å². The molecule has 0 N–H and O–H groups in total. The first-order valence-electron chi connectivity index (χ1n) is 7.97. The van der Waals surface area contributed by atoms with Crippen molar-refractivity contribution in [3.8, 4) is 11.1 Å². The summed E-state index contributed by atoms with van der Waals surface area (Å²) in [5, 5.41) is 10.8. The quantitative estimate of drug-likeness (QED) is 0.388. The van der Waals surface area contributed by atoms with Crippen LogP contribution in [0.3, 0.4) is 0 Å². The first-order valence-corrected chi connectivity index (χ1v) is 7.97. The van der Waals surface area contributed by atoms with Gasteiger partial charge >= 0.3 is 5.82 Å². The molecule has 0 aliphatic rings. The van der Waals surface area contributed by atoms with Crippen molar-refractivity contribution < 1.29 is 14.1 Å². The Morgan fingerprint density at radius 1 is 1.19 bits per heavy atom. The minimum Gasteiger partial charge on any atom is -0.358 e. The van der Waals surface area contributed by atoms with E-state index in [0.717, 1.165) is 0 Å². The van der Waals surface area contributed by atoms with Gasteiger partial charge in [-0.25, -0.2) is 4.39 Å². The normalized spacial score (nSPS) is 12.0. The standard InChI is InChI=1S/C19H16FN3O3/c1-12(22-11-18(23(25)26)21-13(22)2)19(24)15-9-7-14(8-10-15)16-5-3-4-6-17(16)20/h3-12H,1-2H3/t12-/m0/s1. The summed E-state index contributed by atoms with van der Waals surface area (Å²) >= 11 is 0. The molecule has 0 aliphatic carbocycles. The summed E-state index contributed by atoms with van der Waals surface area (Å²) in [6.45, 7) is 3.27. The van der Waals surface area contributed by atoms with Crippen LogP contribution in [-0.2, 0) is 0 Å². The van der Waals surface area contributed by atoms with Crippen LogP contribution in [-0.4, -0.2) is 20.3 Å². The third kappa shape index (κ3) is 3.23. The van der Waals surface area contributed by atoms with E-state index in [2.05, 4.69) is 4.98 Å². The second-order valence-electron chi connectivity index (χ2n) is 5.91. The van der Waals surface area contributed by atoms with Crippen molar-refractivity contribution in [2.75, 3.05) is 0 Å². The number of aromatic nitrogens is 2. The fraction of sp³-hybridized carbons (Fsp3) is 0.158. The first kappa shape index (κ1) is 17.5. The number of nitrogens with zero attached hydrogens (tertiary/aromatic N) is 3. The van der Waals surface area contributed by atoms with Gasteiger partial charge in [-0.15, -0.1) is 0 Å². The van der Waals surface area contributed by atoms with Gasteiger partial charge in [0.25, 0.3) is 0 Å². The second kappa shape index (κ2) is 6.87. The van der Waals surface area contributed by atoms with Crippen LogP contribution < -0.4 is 0 Å². The van der Waals surface area contributed by atoms with E-state index < -0.39 is 11.0 Å². The Hall–Kier alpha value is -3.35. The van der Waals surface area contributed by atoms with Crippen LogP contribution in [0.1, 0.15) is 29.1 Å². The predicted molar refractivity (Wildman–Crippen MR) is 94.5 cm³/mol. The number of Topliss-reactive ketones (excluding diaryl/α,β-unsaturated/α-hetero) is 1. The average molecular weight is 353 g/mol. The topological polar surface area (TPSA) is 78.0 Å². The summed E-state index contributed by atoms with van der Waals surface area (Å²) < 4.78 is 15.3. The molecular formula is C19H16FN3O3. The van der Waals surface area contributed by atoms with E-state index in [1.54, 1.807) is 56.3 Å². The van der Waals surface area contributed by atoms with Crippen LogP contribution in [0.5, 0.6) is 0 Å². The Morgan fingerprint density at radius 2 is 1.85 bits per heavy atom. The minimum atomic E-state index is -0.643. The van der Waals surface area contributed by atoms with Crippen molar-refractivity contribution in [1.29, 1.82) is 0 Å². The number of halogens is 1. The molecule has 1 heterocycles. The Balaban J connectivity index is 1.86. The minimum absolute atomic E-state index is 0.208. The lowest BCUT2D eigenvalue weighted by Gasteiger charge is -2.12. The van der Waals surface area contributed by atoms with Gasteiger partial charge < -0.3 is 10.1 Å². The van der Waals surface area contributed by atoms with Gasteiger partial charge in [-0.3, -0.25) is 9.36 Å². The number of aryl methyl sites for hydroxylation is 1. The fourth-order valence-corrected chi connectivity index (χ4v) is 2.83. The molecule has 1 atom stereocenters. The van der Waals surface area contributed by atoms with E-state index in [1.807, 2.05) is 0 Å². The van der Waals surface area contributed by atoms with Crippen molar-refractivity contribution in [2.24, 2.45) is 0 Å². The largest absolute Gasteiger partial charge is 0.381 e. The summed E-state index contributed by atoms with van der Waals surface area (Å²) in [7, 11) is 0. The van der Waals surface area contributed by atoms with Crippen LogP contribution in [0.4, 0.5) is 10.2 Å². The van der Waals surface area contributed by atoms with Gasteiger partial charge in [-0.1, -0.05) is 42.5 Å². The molecule has 0 unspecified atom stereocenters. The summed E-state index contributed by atoms with van der Waals surface area (Å²) in [6, 6.07) is 12.4. The van der Waals surface area contributed by atoms with Crippen molar-refractivity contribution in [2.45, 2.75) is 19.9 Å². The highest BCUT2D eigenvalue weighted by molar-refractivity contribution is 5.99. The van der Waals surface area contributed by atoms with Gasteiger partial charge in [0.15, 0.2) is 5.78 Å². The molecule has 0 saturated carbocycles. The molecule has 0 saturated heterocycles. The van der Waals surface area contributed by atoms with E-state index in [1.165, 1.54) is 16.8 Å². The number of benzene rings is 2. The van der Waals surface area contributed by atoms with Crippen LogP contribution in [0.15, 0.2) is 54.7 Å². The number of nitro groups is 1. The van der Waals surface area contributed by atoms with Crippen molar-refractivity contribution in [1.82, 2.24) is 9.55 Å². The van der Waals surface area contributed by atoms with Gasteiger partial charge in [0.1, 0.15) is 12.0 Å². The highest BCUT2D eigenvalue weighted by atomic mass is 19.1. The van der Waals surface area contributed by atoms with Crippen LogP contribution in [0, 0.1) is 22.9 Å². The number of hydrogen-bond acceptors (Lipinski definition) is 4. The number of rotatable bonds is 5. The Kier molecular flexibility index (Phi) is 4.62. The highest BCUT2D eigenvalue weighted by Crippen LogP contribution is 2.25. The molecule has 7 heteroatoms. The molecule has 0 radical (unpaired) electrons. The van der Waals surface area contributed by atoms with Gasteiger partial charge in [0, 0.05) is 18.1 Å². The Bertz CT molecular complexity index is 980. The second-order valence-corrected chi connectivity index (χ2v) is 5.91. The third-order valence-electron chi connectivity index (χ3n) is 4.24. The zero-order chi connectivity index (χ0) is 18.8. The van der Waals surface area contributed by atoms with Crippen molar-refractivity contribution in [3.63, 3.8) is 0 Å². The Labute approximate surface area is 149 Å². The molecule has 6 nitrogen and oxygen atoms in total. The van der Waals surface area contributed by atoms with Crippen LogP contribution in [0.2, 0.25) is 0 Å². The van der Waals surface area contributed by atoms with Crippen LogP contribution in [0.25, 0.3) is 11.1 Å². The summed E-state index contributed by atoms with van der Waals surface area (Å²) in [5.41, 5.74) is 1.57. The number of carbonyl (C=O) groups is 1. The maximum absolute atomic E-state index is 13.9. The molecule has 3 aromatic rings.